The number of rotatable bonds is 8. The molecule has 0 amide bonds. The van der Waals surface area contributed by atoms with Crippen LogP contribution in [0.2, 0.25) is 0 Å². The summed E-state index contributed by atoms with van der Waals surface area (Å²) in [6, 6.07) is 0. The molecular weight excluding hydrogens is 377 g/mol. The zero-order chi connectivity index (χ0) is 14.6. The standard InChI is InChI=1S/C16H33N3O.HI/c1-4-17-16(18-11-8-12-20-5-2)19-13-15-10-7-6-9-14(15)3;/h14-15H,4-13H2,1-3H3,(H2,17,18,19);1H. The van der Waals surface area contributed by atoms with Crippen molar-refractivity contribution in [2.75, 3.05) is 32.8 Å². The van der Waals surface area contributed by atoms with Crippen LogP contribution in [0.25, 0.3) is 0 Å². The number of ether oxygens (including phenoxy) is 1. The second-order valence-corrected chi connectivity index (χ2v) is 5.72. The van der Waals surface area contributed by atoms with Gasteiger partial charge in [-0.2, -0.15) is 0 Å². The topological polar surface area (TPSA) is 45.7 Å². The second kappa shape index (κ2) is 13.6. The van der Waals surface area contributed by atoms with Crippen LogP contribution in [0.4, 0.5) is 0 Å². The Hall–Kier alpha value is -0.0400. The molecule has 2 atom stereocenters. The van der Waals surface area contributed by atoms with Crippen molar-refractivity contribution in [1.29, 1.82) is 0 Å². The van der Waals surface area contributed by atoms with Gasteiger partial charge < -0.3 is 15.4 Å². The van der Waals surface area contributed by atoms with Crippen LogP contribution in [-0.4, -0.2) is 38.8 Å². The van der Waals surface area contributed by atoms with Crippen LogP contribution in [0.3, 0.4) is 0 Å². The highest BCUT2D eigenvalue weighted by atomic mass is 127. The SMILES string of the molecule is CCNC(=NCC1CCCCC1C)NCCCOCC.I. The van der Waals surface area contributed by atoms with Gasteiger partial charge in [0.2, 0.25) is 0 Å². The highest BCUT2D eigenvalue weighted by Gasteiger charge is 2.20. The van der Waals surface area contributed by atoms with Gasteiger partial charge in [0.15, 0.2) is 5.96 Å². The van der Waals surface area contributed by atoms with E-state index in [1.807, 2.05) is 6.92 Å². The molecule has 0 saturated heterocycles. The molecule has 0 aliphatic heterocycles. The predicted octanol–water partition coefficient (Wildman–Crippen LogP) is 3.41. The first-order chi connectivity index (χ1) is 9.77. The third kappa shape index (κ3) is 9.55. The van der Waals surface area contributed by atoms with Crippen LogP contribution in [0.5, 0.6) is 0 Å². The summed E-state index contributed by atoms with van der Waals surface area (Å²) in [6.07, 6.45) is 6.52. The molecule has 5 heteroatoms. The fraction of sp³-hybridized carbons (Fsp3) is 0.938. The van der Waals surface area contributed by atoms with E-state index in [2.05, 4.69) is 24.5 Å². The van der Waals surface area contributed by atoms with Crippen LogP contribution in [-0.2, 0) is 4.74 Å². The molecule has 0 aromatic rings. The molecule has 4 nitrogen and oxygen atoms in total. The minimum absolute atomic E-state index is 0. The molecule has 126 valence electrons. The van der Waals surface area contributed by atoms with Crippen LogP contribution >= 0.6 is 24.0 Å². The molecule has 0 radical (unpaired) electrons. The van der Waals surface area contributed by atoms with Gasteiger partial charge in [0, 0.05) is 32.8 Å². The van der Waals surface area contributed by atoms with Crippen molar-refractivity contribution in [3.8, 4) is 0 Å². The summed E-state index contributed by atoms with van der Waals surface area (Å²) < 4.78 is 5.34. The van der Waals surface area contributed by atoms with E-state index >= 15 is 0 Å². The smallest absolute Gasteiger partial charge is 0.191 e. The Morgan fingerprint density at radius 1 is 1.19 bits per heavy atom. The first-order valence-corrected chi connectivity index (χ1v) is 8.37. The second-order valence-electron chi connectivity index (χ2n) is 5.72. The van der Waals surface area contributed by atoms with Crippen molar-refractivity contribution in [3.05, 3.63) is 0 Å². The molecule has 2 N–H and O–H groups in total. The third-order valence-corrected chi connectivity index (χ3v) is 4.08. The minimum atomic E-state index is 0. The maximum Gasteiger partial charge on any atom is 0.191 e. The van der Waals surface area contributed by atoms with Crippen molar-refractivity contribution < 1.29 is 4.74 Å². The van der Waals surface area contributed by atoms with Gasteiger partial charge in [0.1, 0.15) is 0 Å². The zero-order valence-corrected chi connectivity index (χ0v) is 16.3. The van der Waals surface area contributed by atoms with E-state index in [-0.39, 0.29) is 24.0 Å². The monoisotopic (exact) mass is 411 g/mol. The molecule has 0 heterocycles. The molecule has 0 spiro atoms. The Bertz CT molecular complexity index is 274. The number of hydrogen-bond donors (Lipinski definition) is 2. The van der Waals surface area contributed by atoms with Crippen LogP contribution in [0, 0.1) is 11.8 Å². The van der Waals surface area contributed by atoms with Crippen molar-refractivity contribution >= 4 is 29.9 Å². The Morgan fingerprint density at radius 2 is 1.95 bits per heavy atom. The van der Waals surface area contributed by atoms with Gasteiger partial charge in [-0.05, 0) is 38.5 Å². The Balaban J connectivity index is 0.00000400. The Morgan fingerprint density at radius 3 is 2.62 bits per heavy atom. The number of nitrogens with one attached hydrogen (secondary N) is 2. The van der Waals surface area contributed by atoms with Crippen LogP contribution in [0.15, 0.2) is 4.99 Å². The lowest BCUT2D eigenvalue weighted by molar-refractivity contribution is 0.145. The normalized spacial score (nSPS) is 22.5. The van der Waals surface area contributed by atoms with Gasteiger partial charge in [-0.3, -0.25) is 4.99 Å². The average Bonchev–Trinajstić information content (AvgIpc) is 2.46. The maximum absolute atomic E-state index is 5.34. The number of aliphatic imine (C=N–C) groups is 1. The fourth-order valence-electron chi connectivity index (χ4n) is 2.74. The van der Waals surface area contributed by atoms with E-state index in [1.54, 1.807) is 0 Å². The quantitative estimate of drug-likeness (QED) is 0.279. The molecule has 1 fully saturated rings. The fourth-order valence-corrected chi connectivity index (χ4v) is 2.74. The van der Waals surface area contributed by atoms with Gasteiger partial charge in [-0.25, -0.2) is 0 Å². The lowest BCUT2D eigenvalue weighted by atomic mass is 9.80. The molecule has 0 bridgehead atoms. The van der Waals surface area contributed by atoms with E-state index in [0.717, 1.165) is 57.1 Å². The summed E-state index contributed by atoms with van der Waals surface area (Å²) in [4.78, 5) is 4.76. The summed E-state index contributed by atoms with van der Waals surface area (Å²) in [5.74, 6) is 2.55. The Labute approximate surface area is 147 Å². The van der Waals surface area contributed by atoms with E-state index in [4.69, 9.17) is 9.73 Å². The van der Waals surface area contributed by atoms with E-state index in [9.17, 15) is 0 Å². The average molecular weight is 411 g/mol. The maximum atomic E-state index is 5.34. The highest BCUT2D eigenvalue weighted by Crippen LogP contribution is 2.29. The van der Waals surface area contributed by atoms with Crippen molar-refractivity contribution in [3.63, 3.8) is 0 Å². The molecule has 1 aliphatic rings. The van der Waals surface area contributed by atoms with Gasteiger partial charge in [-0.1, -0.05) is 26.2 Å². The predicted molar refractivity (Wildman–Crippen MR) is 102 cm³/mol. The lowest BCUT2D eigenvalue weighted by Crippen LogP contribution is -2.38. The first-order valence-electron chi connectivity index (χ1n) is 8.37. The number of halogens is 1. The molecule has 1 saturated carbocycles. The number of hydrogen-bond acceptors (Lipinski definition) is 2. The van der Waals surface area contributed by atoms with E-state index in [1.165, 1.54) is 25.7 Å². The van der Waals surface area contributed by atoms with Gasteiger partial charge in [0.25, 0.3) is 0 Å². The van der Waals surface area contributed by atoms with Crippen LogP contribution < -0.4 is 10.6 Å². The molecule has 1 aliphatic carbocycles. The number of nitrogens with zero attached hydrogens (tertiary/aromatic N) is 1. The van der Waals surface area contributed by atoms with Crippen molar-refractivity contribution in [2.45, 2.75) is 52.9 Å². The van der Waals surface area contributed by atoms with Crippen molar-refractivity contribution in [2.24, 2.45) is 16.8 Å². The van der Waals surface area contributed by atoms with Gasteiger partial charge >= 0.3 is 0 Å². The minimum Gasteiger partial charge on any atom is -0.382 e. The third-order valence-electron chi connectivity index (χ3n) is 4.08. The first kappa shape index (κ1) is 21.0. The molecule has 21 heavy (non-hydrogen) atoms. The largest absolute Gasteiger partial charge is 0.382 e. The Kier molecular flexibility index (Phi) is 13.6. The summed E-state index contributed by atoms with van der Waals surface area (Å²) in [5.41, 5.74) is 0. The summed E-state index contributed by atoms with van der Waals surface area (Å²) >= 11 is 0. The van der Waals surface area contributed by atoms with Gasteiger partial charge in [0.05, 0.1) is 0 Å². The van der Waals surface area contributed by atoms with E-state index in [0.29, 0.717) is 0 Å². The molecule has 2 unspecified atom stereocenters. The summed E-state index contributed by atoms with van der Waals surface area (Å²) in [5, 5.41) is 6.72. The molecule has 1 rings (SSSR count). The van der Waals surface area contributed by atoms with E-state index < -0.39 is 0 Å². The van der Waals surface area contributed by atoms with Crippen LogP contribution in [0.1, 0.15) is 52.9 Å². The lowest BCUT2D eigenvalue weighted by Gasteiger charge is -2.27. The molecule has 0 aromatic heterocycles. The summed E-state index contributed by atoms with van der Waals surface area (Å²) in [7, 11) is 0. The zero-order valence-electron chi connectivity index (χ0n) is 14.0. The van der Waals surface area contributed by atoms with Crippen molar-refractivity contribution in [1.82, 2.24) is 10.6 Å². The summed E-state index contributed by atoms with van der Waals surface area (Å²) in [6.45, 7) is 10.9. The molecule has 0 aromatic carbocycles. The van der Waals surface area contributed by atoms with Gasteiger partial charge in [-0.15, -0.1) is 24.0 Å². The number of guanidine groups is 1. The highest BCUT2D eigenvalue weighted by molar-refractivity contribution is 14.0. The molecular formula is C16H34IN3O.